The van der Waals surface area contributed by atoms with Gasteiger partial charge in [0.15, 0.2) is 5.82 Å². The standard InChI is InChI=1S/C14H24N4O/c1-10(2)18-7-6-11(9-18)8-16-14-12(15)4-5-13(17-14)19-3/h4-5,10-11H,6-9,15H2,1-3H3,(H,16,17). The predicted octanol–water partition coefficient (Wildman–Crippen LogP) is 1.81. The van der Waals surface area contributed by atoms with Crippen LogP contribution >= 0.6 is 0 Å². The normalized spacial score (nSPS) is 19.9. The molecule has 1 atom stereocenters. The van der Waals surface area contributed by atoms with E-state index in [0.29, 0.717) is 23.5 Å². The van der Waals surface area contributed by atoms with Crippen LogP contribution in [0.25, 0.3) is 0 Å². The summed E-state index contributed by atoms with van der Waals surface area (Å²) in [6, 6.07) is 4.23. The van der Waals surface area contributed by atoms with Crippen molar-refractivity contribution in [1.29, 1.82) is 0 Å². The van der Waals surface area contributed by atoms with E-state index >= 15 is 0 Å². The topological polar surface area (TPSA) is 63.4 Å². The number of nitrogen functional groups attached to an aromatic ring is 1. The van der Waals surface area contributed by atoms with Gasteiger partial charge in [0.2, 0.25) is 5.88 Å². The molecule has 0 saturated carbocycles. The Morgan fingerprint density at radius 2 is 2.32 bits per heavy atom. The van der Waals surface area contributed by atoms with Crippen LogP contribution < -0.4 is 15.8 Å². The Hall–Kier alpha value is -1.49. The predicted molar refractivity (Wildman–Crippen MR) is 78.5 cm³/mol. The van der Waals surface area contributed by atoms with Crippen LogP contribution in [0.15, 0.2) is 12.1 Å². The molecule has 0 amide bonds. The quantitative estimate of drug-likeness (QED) is 0.849. The molecule has 1 aliphatic rings. The Balaban J connectivity index is 1.89. The average molecular weight is 264 g/mol. The summed E-state index contributed by atoms with van der Waals surface area (Å²) >= 11 is 0. The van der Waals surface area contributed by atoms with Crippen LogP contribution in [0.4, 0.5) is 11.5 Å². The zero-order valence-electron chi connectivity index (χ0n) is 12.0. The molecule has 0 aliphatic carbocycles. The number of nitrogens with zero attached hydrogens (tertiary/aromatic N) is 2. The van der Waals surface area contributed by atoms with Gasteiger partial charge in [-0.05, 0) is 38.8 Å². The Morgan fingerprint density at radius 1 is 1.53 bits per heavy atom. The van der Waals surface area contributed by atoms with Crippen molar-refractivity contribution in [2.45, 2.75) is 26.3 Å². The van der Waals surface area contributed by atoms with Crippen LogP contribution in [0.3, 0.4) is 0 Å². The minimum Gasteiger partial charge on any atom is -0.481 e. The van der Waals surface area contributed by atoms with E-state index in [-0.39, 0.29) is 0 Å². The molecular formula is C14H24N4O. The maximum atomic E-state index is 5.91. The molecule has 1 fully saturated rings. The van der Waals surface area contributed by atoms with Crippen molar-refractivity contribution in [3.8, 4) is 5.88 Å². The van der Waals surface area contributed by atoms with Gasteiger partial charge >= 0.3 is 0 Å². The molecule has 0 aromatic carbocycles. The fourth-order valence-corrected chi connectivity index (χ4v) is 2.45. The van der Waals surface area contributed by atoms with Gasteiger partial charge in [-0.1, -0.05) is 0 Å². The maximum absolute atomic E-state index is 5.91. The number of rotatable bonds is 5. The second-order valence-electron chi connectivity index (χ2n) is 5.42. The monoisotopic (exact) mass is 264 g/mol. The molecule has 19 heavy (non-hydrogen) atoms. The van der Waals surface area contributed by atoms with E-state index < -0.39 is 0 Å². The molecule has 2 heterocycles. The molecular weight excluding hydrogens is 240 g/mol. The first-order chi connectivity index (χ1) is 9.10. The van der Waals surface area contributed by atoms with E-state index in [2.05, 4.69) is 29.0 Å². The van der Waals surface area contributed by atoms with Crippen molar-refractivity contribution in [3.05, 3.63) is 12.1 Å². The van der Waals surface area contributed by atoms with Crippen LogP contribution in [-0.2, 0) is 0 Å². The highest BCUT2D eigenvalue weighted by Gasteiger charge is 2.24. The Labute approximate surface area is 115 Å². The summed E-state index contributed by atoms with van der Waals surface area (Å²) in [5, 5.41) is 3.35. The lowest BCUT2D eigenvalue weighted by atomic mass is 10.1. The zero-order chi connectivity index (χ0) is 13.8. The van der Waals surface area contributed by atoms with Crippen LogP contribution in [0.1, 0.15) is 20.3 Å². The Bertz CT molecular complexity index is 422. The van der Waals surface area contributed by atoms with Crippen molar-refractivity contribution in [2.75, 3.05) is 37.8 Å². The van der Waals surface area contributed by atoms with E-state index in [0.717, 1.165) is 18.9 Å². The number of hydrogen-bond donors (Lipinski definition) is 2. The summed E-state index contributed by atoms with van der Waals surface area (Å²) < 4.78 is 5.12. The molecule has 1 aromatic rings. The fourth-order valence-electron chi connectivity index (χ4n) is 2.45. The molecule has 1 unspecified atom stereocenters. The number of anilines is 2. The molecule has 5 heteroatoms. The van der Waals surface area contributed by atoms with E-state index in [1.54, 1.807) is 13.2 Å². The van der Waals surface area contributed by atoms with Gasteiger partial charge < -0.3 is 20.7 Å². The van der Waals surface area contributed by atoms with Gasteiger partial charge in [-0.2, -0.15) is 4.98 Å². The lowest BCUT2D eigenvalue weighted by Gasteiger charge is -2.20. The highest BCUT2D eigenvalue weighted by atomic mass is 16.5. The first-order valence-corrected chi connectivity index (χ1v) is 6.88. The third-order valence-electron chi connectivity index (χ3n) is 3.72. The molecule has 2 rings (SSSR count). The SMILES string of the molecule is COc1ccc(N)c(NCC2CCN(C(C)C)C2)n1. The summed E-state index contributed by atoms with van der Waals surface area (Å²) in [6.45, 7) is 7.74. The number of likely N-dealkylation sites (tertiary alicyclic amines) is 1. The number of hydrogen-bond acceptors (Lipinski definition) is 5. The highest BCUT2D eigenvalue weighted by Crippen LogP contribution is 2.22. The van der Waals surface area contributed by atoms with Crippen LogP contribution in [0, 0.1) is 5.92 Å². The van der Waals surface area contributed by atoms with Gasteiger partial charge in [0.05, 0.1) is 12.8 Å². The molecule has 1 saturated heterocycles. The van der Waals surface area contributed by atoms with E-state index in [4.69, 9.17) is 10.5 Å². The smallest absolute Gasteiger partial charge is 0.215 e. The number of aromatic nitrogens is 1. The van der Waals surface area contributed by atoms with Crippen molar-refractivity contribution in [3.63, 3.8) is 0 Å². The molecule has 1 aliphatic heterocycles. The molecule has 0 spiro atoms. The largest absolute Gasteiger partial charge is 0.481 e. The second-order valence-corrected chi connectivity index (χ2v) is 5.42. The van der Waals surface area contributed by atoms with Crippen LogP contribution in [0.2, 0.25) is 0 Å². The van der Waals surface area contributed by atoms with E-state index in [1.807, 2.05) is 6.07 Å². The minimum absolute atomic E-state index is 0.590. The number of ether oxygens (including phenoxy) is 1. The van der Waals surface area contributed by atoms with Crippen molar-refractivity contribution in [1.82, 2.24) is 9.88 Å². The first kappa shape index (κ1) is 13.9. The lowest BCUT2D eigenvalue weighted by Crippen LogP contribution is -2.29. The number of methoxy groups -OCH3 is 1. The summed E-state index contributed by atoms with van der Waals surface area (Å²) in [7, 11) is 1.61. The third-order valence-corrected chi connectivity index (χ3v) is 3.72. The Morgan fingerprint density at radius 3 is 2.95 bits per heavy atom. The van der Waals surface area contributed by atoms with Gasteiger partial charge in [-0.3, -0.25) is 0 Å². The highest BCUT2D eigenvalue weighted by molar-refractivity contribution is 5.61. The number of nitrogens with two attached hydrogens (primary N) is 1. The number of pyridine rings is 1. The summed E-state index contributed by atoms with van der Waals surface area (Å²) in [4.78, 5) is 6.84. The van der Waals surface area contributed by atoms with Gasteiger partial charge in [-0.25, -0.2) is 0 Å². The molecule has 0 bridgehead atoms. The molecule has 1 aromatic heterocycles. The van der Waals surface area contributed by atoms with Crippen LogP contribution in [-0.4, -0.2) is 42.7 Å². The van der Waals surface area contributed by atoms with Crippen molar-refractivity contribution >= 4 is 11.5 Å². The third kappa shape index (κ3) is 3.50. The zero-order valence-corrected chi connectivity index (χ0v) is 12.0. The van der Waals surface area contributed by atoms with Gasteiger partial charge in [0.25, 0.3) is 0 Å². The minimum atomic E-state index is 0.590. The molecule has 3 N–H and O–H groups in total. The lowest BCUT2D eigenvalue weighted by molar-refractivity contribution is 0.266. The molecule has 5 nitrogen and oxygen atoms in total. The van der Waals surface area contributed by atoms with E-state index in [9.17, 15) is 0 Å². The average Bonchev–Trinajstić information content (AvgIpc) is 2.87. The number of nitrogens with one attached hydrogen (secondary N) is 1. The summed E-state index contributed by atoms with van der Waals surface area (Å²) in [6.07, 6.45) is 1.23. The van der Waals surface area contributed by atoms with Crippen molar-refractivity contribution in [2.24, 2.45) is 5.92 Å². The first-order valence-electron chi connectivity index (χ1n) is 6.88. The fraction of sp³-hybridized carbons (Fsp3) is 0.643. The summed E-state index contributed by atoms with van der Waals surface area (Å²) in [5.74, 6) is 1.98. The van der Waals surface area contributed by atoms with Gasteiger partial charge in [-0.15, -0.1) is 0 Å². The van der Waals surface area contributed by atoms with Crippen molar-refractivity contribution < 1.29 is 4.74 Å². The van der Waals surface area contributed by atoms with Gasteiger partial charge in [0, 0.05) is 25.2 Å². The Kier molecular flexibility index (Phi) is 4.47. The van der Waals surface area contributed by atoms with E-state index in [1.165, 1.54) is 13.0 Å². The second kappa shape index (κ2) is 6.10. The summed E-state index contributed by atoms with van der Waals surface area (Å²) in [5.41, 5.74) is 6.58. The molecule has 0 radical (unpaired) electrons. The maximum Gasteiger partial charge on any atom is 0.215 e. The van der Waals surface area contributed by atoms with Gasteiger partial charge in [0.1, 0.15) is 0 Å². The van der Waals surface area contributed by atoms with Crippen LogP contribution in [0.5, 0.6) is 5.88 Å². The molecule has 106 valence electrons.